The summed E-state index contributed by atoms with van der Waals surface area (Å²) in [6.07, 6.45) is 1.12. The highest BCUT2D eigenvalue weighted by Gasteiger charge is 2.19. The summed E-state index contributed by atoms with van der Waals surface area (Å²) in [5.74, 6) is -0.378. The van der Waals surface area contributed by atoms with Gasteiger partial charge in [0.05, 0.1) is 11.8 Å². The van der Waals surface area contributed by atoms with Crippen molar-refractivity contribution in [2.75, 3.05) is 31.6 Å². The number of nitrogens with one attached hydrogen (secondary N) is 1. The van der Waals surface area contributed by atoms with Gasteiger partial charge in [-0.1, -0.05) is 37.6 Å². The Labute approximate surface area is 143 Å². The topological polar surface area (TPSA) is 66.5 Å². The Morgan fingerprint density at radius 1 is 1.22 bits per heavy atom. The van der Waals surface area contributed by atoms with Crippen LogP contribution >= 0.6 is 11.6 Å². The van der Waals surface area contributed by atoms with Crippen molar-refractivity contribution < 1.29 is 13.2 Å². The lowest BCUT2D eigenvalue weighted by Gasteiger charge is -2.30. The number of carbonyl (C=O) groups is 1. The number of likely N-dealkylation sites (N-methyl/N-ethyl adjacent to an activating group) is 1. The summed E-state index contributed by atoms with van der Waals surface area (Å²) in [4.78, 5) is 14.1. The molecule has 0 aliphatic carbocycles. The van der Waals surface area contributed by atoms with Gasteiger partial charge in [-0.25, -0.2) is 8.42 Å². The molecular weight excluding hydrogens is 336 g/mol. The number of hydrogen-bond acceptors (Lipinski definition) is 4. The smallest absolute Gasteiger partial charge is 0.221 e. The van der Waals surface area contributed by atoms with Crippen LogP contribution in [-0.2, 0) is 14.6 Å². The summed E-state index contributed by atoms with van der Waals surface area (Å²) in [7, 11) is -3.13. The summed E-state index contributed by atoms with van der Waals surface area (Å²) in [5.41, 5.74) is 1.07. The Morgan fingerprint density at radius 3 is 2.26 bits per heavy atom. The maximum Gasteiger partial charge on any atom is 0.221 e. The summed E-state index contributed by atoms with van der Waals surface area (Å²) >= 11 is 5.93. The molecule has 5 nitrogen and oxygen atoms in total. The maximum absolute atomic E-state index is 11.9. The number of sulfone groups is 1. The van der Waals surface area contributed by atoms with Gasteiger partial charge in [-0.3, -0.25) is 9.69 Å². The zero-order valence-electron chi connectivity index (χ0n) is 13.9. The summed E-state index contributed by atoms with van der Waals surface area (Å²) in [6.45, 7) is 6.27. The Morgan fingerprint density at radius 2 is 1.78 bits per heavy atom. The SMILES string of the molecule is CCN(CC)C(CNC(=O)CCS(C)(=O)=O)c1ccc(Cl)cc1. The van der Waals surface area contributed by atoms with Crippen molar-refractivity contribution in [3.63, 3.8) is 0 Å². The first-order valence-corrected chi connectivity index (χ1v) is 10.1. The van der Waals surface area contributed by atoms with Gasteiger partial charge in [-0.15, -0.1) is 0 Å². The van der Waals surface area contributed by atoms with E-state index in [1.54, 1.807) is 0 Å². The third kappa shape index (κ3) is 7.33. The van der Waals surface area contributed by atoms with Crippen molar-refractivity contribution in [2.24, 2.45) is 0 Å². The molecule has 7 heteroatoms. The van der Waals surface area contributed by atoms with Crippen molar-refractivity contribution in [2.45, 2.75) is 26.3 Å². The fourth-order valence-corrected chi connectivity index (χ4v) is 3.07. The highest BCUT2D eigenvalue weighted by atomic mass is 35.5. The summed E-state index contributed by atoms with van der Waals surface area (Å²) < 4.78 is 22.3. The number of nitrogens with zero attached hydrogens (tertiary/aromatic N) is 1. The number of benzene rings is 1. The summed E-state index contributed by atoms with van der Waals surface area (Å²) in [6, 6.07) is 7.60. The fourth-order valence-electron chi connectivity index (χ4n) is 2.38. The van der Waals surface area contributed by atoms with Crippen LogP contribution in [0.1, 0.15) is 31.9 Å². The van der Waals surface area contributed by atoms with Gasteiger partial charge in [-0.2, -0.15) is 0 Å². The van der Waals surface area contributed by atoms with Crippen molar-refractivity contribution in [3.8, 4) is 0 Å². The molecule has 130 valence electrons. The summed E-state index contributed by atoms with van der Waals surface area (Å²) in [5, 5.41) is 3.51. The van der Waals surface area contributed by atoms with Crippen LogP contribution < -0.4 is 5.32 Å². The molecule has 1 unspecified atom stereocenters. The Bertz CT molecular complexity index is 598. The van der Waals surface area contributed by atoms with Gasteiger partial charge in [-0.05, 0) is 30.8 Å². The van der Waals surface area contributed by atoms with E-state index in [1.807, 2.05) is 24.3 Å². The molecule has 0 bridgehead atoms. The molecule has 0 aliphatic rings. The first kappa shape index (κ1) is 19.9. The molecule has 0 aromatic heterocycles. The third-order valence-electron chi connectivity index (χ3n) is 3.70. The lowest BCUT2D eigenvalue weighted by molar-refractivity contribution is -0.121. The van der Waals surface area contributed by atoms with Crippen molar-refractivity contribution in [1.82, 2.24) is 10.2 Å². The average molecular weight is 361 g/mol. The highest BCUT2D eigenvalue weighted by Crippen LogP contribution is 2.21. The molecule has 0 aliphatic heterocycles. The van der Waals surface area contributed by atoms with Crippen molar-refractivity contribution in [1.29, 1.82) is 0 Å². The molecule has 23 heavy (non-hydrogen) atoms. The molecule has 0 radical (unpaired) electrons. The Balaban J connectivity index is 2.74. The number of rotatable bonds is 9. The van der Waals surface area contributed by atoms with Crippen LogP contribution in [0.25, 0.3) is 0 Å². The van der Waals surface area contributed by atoms with Gasteiger partial charge in [0, 0.05) is 24.2 Å². The van der Waals surface area contributed by atoms with Gasteiger partial charge < -0.3 is 5.32 Å². The molecule has 0 heterocycles. The first-order valence-electron chi connectivity index (χ1n) is 7.70. The largest absolute Gasteiger partial charge is 0.354 e. The first-order chi connectivity index (χ1) is 10.8. The standard InChI is InChI=1S/C16H25ClN2O3S/c1-4-19(5-2)15(13-6-8-14(17)9-7-13)12-18-16(20)10-11-23(3,21)22/h6-9,15H,4-5,10-12H2,1-3H3,(H,18,20). The molecule has 1 N–H and O–H groups in total. The van der Waals surface area contributed by atoms with Crippen LogP contribution in [0, 0.1) is 0 Å². The predicted molar refractivity (Wildman–Crippen MR) is 94.5 cm³/mol. The second-order valence-electron chi connectivity index (χ2n) is 5.47. The molecule has 1 rings (SSSR count). The van der Waals surface area contributed by atoms with E-state index >= 15 is 0 Å². The van der Waals surface area contributed by atoms with E-state index < -0.39 is 9.84 Å². The zero-order valence-corrected chi connectivity index (χ0v) is 15.5. The molecule has 1 amide bonds. The molecule has 1 aromatic rings. The third-order valence-corrected chi connectivity index (χ3v) is 4.90. The molecule has 0 spiro atoms. The van der Waals surface area contributed by atoms with E-state index in [1.165, 1.54) is 0 Å². The van der Waals surface area contributed by atoms with Gasteiger partial charge in [0.2, 0.25) is 5.91 Å². The van der Waals surface area contributed by atoms with Crippen LogP contribution in [0.2, 0.25) is 5.02 Å². The van der Waals surface area contributed by atoms with Crippen LogP contribution in [-0.4, -0.2) is 50.9 Å². The minimum absolute atomic E-state index is 0.00950. The quantitative estimate of drug-likeness (QED) is 0.733. The van der Waals surface area contributed by atoms with E-state index in [2.05, 4.69) is 24.1 Å². The van der Waals surface area contributed by atoms with E-state index in [9.17, 15) is 13.2 Å². The molecule has 1 aromatic carbocycles. The molecule has 1 atom stereocenters. The van der Waals surface area contributed by atoms with Crippen molar-refractivity contribution >= 4 is 27.3 Å². The van der Waals surface area contributed by atoms with E-state index in [0.29, 0.717) is 11.6 Å². The number of hydrogen-bond donors (Lipinski definition) is 1. The molecular formula is C16H25ClN2O3S. The minimum atomic E-state index is -3.13. The Hall–Kier alpha value is -1.11. The lowest BCUT2D eigenvalue weighted by Crippen LogP contribution is -2.38. The van der Waals surface area contributed by atoms with E-state index in [4.69, 9.17) is 11.6 Å². The number of amides is 1. The van der Waals surface area contributed by atoms with Gasteiger partial charge in [0.1, 0.15) is 9.84 Å². The predicted octanol–water partition coefficient (Wildman–Crippen LogP) is 2.27. The van der Waals surface area contributed by atoms with Crippen LogP contribution in [0.3, 0.4) is 0 Å². The van der Waals surface area contributed by atoms with E-state index in [0.717, 1.165) is 24.9 Å². The average Bonchev–Trinajstić information content (AvgIpc) is 2.50. The fraction of sp³-hybridized carbons (Fsp3) is 0.562. The maximum atomic E-state index is 11.9. The highest BCUT2D eigenvalue weighted by molar-refractivity contribution is 7.90. The molecule has 0 fully saturated rings. The number of halogens is 1. The van der Waals surface area contributed by atoms with Gasteiger partial charge in [0.25, 0.3) is 0 Å². The van der Waals surface area contributed by atoms with Crippen LogP contribution in [0.5, 0.6) is 0 Å². The van der Waals surface area contributed by atoms with Crippen molar-refractivity contribution in [3.05, 3.63) is 34.9 Å². The normalized spacial score (nSPS) is 13.1. The second-order valence-corrected chi connectivity index (χ2v) is 8.17. The van der Waals surface area contributed by atoms with E-state index in [-0.39, 0.29) is 24.1 Å². The van der Waals surface area contributed by atoms with Gasteiger partial charge in [0.15, 0.2) is 0 Å². The van der Waals surface area contributed by atoms with Crippen LogP contribution in [0.4, 0.5) is 0 Å². The second kappa shape index (κ2) is 9.25. The van der Waals surface area contributed by atoms with Crippen LogP contribution in [0.15, 0.2) is 24.3 Å². The molecule has 0 saturated heterocycles. The Kier molecular flexibility index (Phi) is 8.02. The minimum Gasteiger partial charge on any atom is -0.354 e. The number of carbonyl (C=O) groups excluding carboxylic acids is 1. The lowest BCUT2D eigenvalue weighted by atomic mass is 10.0. The monoisotopic (exact) mass is 360 g/mol. The zero-order chi connectivity index (χ0) is 17.5. The molecule has 0 saturated carbocycles. The van der Waals surface area contributed by atoms with Gasteiger partial charge >= 0.3 is 0 Å².